The van der Waals surface area contributed by atoms with Crippen molar-refractivity contribution in [2.45, 2.75) is 6.04 Å². The van der Waals surface area contributed by atoms with Gasteiger partial charge in [0.15, 0.2) is 6.04 Å². The van der Waals surface area contributed by atoms with Gasteiger partial charge in [0.05, 0.1) is 14.2 Å². The predicted molar refractivity (Wildman–Crippen MR) is 79.4 cm³/mol. The summed E-state index contributed by atoms with van der Waals surface area (Å²) < 4.78 is 23.8. The zero-order chi connectivity index (χ0) is 16.1. The van der Waals surface area contributed by atoms with Crippen molar-refractivity contribution in [3.05, 3.63) is 53.8 Å². The monoisotopic (exact) mass is 305 g/mol. The third-order valence-electron chi connectivity index (χ3n) is 3.13. The molecule has 0 unspecified atom stereocenters. The van der Waals surface area contributed by atoms with Crippen molar-refractivity contribution < 1.29 is 23.8 Å². The van der Waals surface area contributed by atoms with Gasteiger partial charge in [0.2, 0.25) is 0 Å². The van der Waals surface area contributed by atoms with E-state index in [1.165, 1.54) is 19.2 Å². The highest BCUT2D eigenvalue weighted by Crippen LogP contribution is 2.26. The molecule has 0 heterocycles. The summed E-state index contributed by atoms with van der Waals surface area (Å²) in [6, 6.07) is 9.39. The maximum atomic E-state index is 14.0. The first-order valence-corrected chi connectivity index (χ1v) is 6.52. The molecule has 0 aliphatic carbocycles. The first-order valence-electron chi connectivity index (χ1n) is 6.52. The average Bonchev–Trinajstić information content (AvgIpc) is 2.53. The van der Waals surface area contributed by atoms with Gasteiger partial charge < -0.3 is 19.9 Å². The van der Waals surface area contributed by atoms with Crippen molar-refractivity contribution in [2.75, 3.05) is 19.5 Å². The molecule has 0 radical (unpaired) electrons. The first kappa shape index (κ1) is 15.6. The number of anilines is 1. The molecule has 2 aromatic rings. The number of benzene rings is 2. The van der Waals surface area contributed by atoms with E-state index in [1.54, 1.807) is 31.4 Å². The number of phenolic OH excluding ortho intramolecular Hbond substituents is 1. The van der Waals surface area contributed by atoms with Gasteiger partial charge in [-0.2, -0.15) is 0 Å². The van der Waals surface area contributed by atoms with Crippen molar-refractivity contribution >= 4 is 11.7 Å². The van der Waals surface area contributed by atoms with Gasteiger partial charge in [0, 0.05) is 17.3 Å². The molecule has 0 saturated heterocycles. The number of halogens is 1. The van der Waals surface area contributed by atoms with Crippen LogP contribution in [0, 0.1) is 5.82 Å². The molecule has 0 saturated carbocycles. The number of carbonyl (C=O) groups is 1. The van der Waals surface area contributed by atoms with Crippen molar-refractivity contribution in [1.82, 2.24) is 0 Å². The molecule has 0 aromatic heterocycles. The summed E-state index contributed by atoms with van der Waals surface area (Å²) in [6.45, 7) is 0. The van der Waals surface area contributed by atoms with Crippen LogP contribution in [-0.2, 0) is 9.53 Å². The van der Waals surface area contributed by atoms with E-state index in [0.717, 1.165) is 6.07 Å². The molecule has 2 aromatic carbocycles. The Balaban J connectivity index is 2.31. The summed E-state index contributed by atoms with van der Waals surface area (Å²) >= 11 is 0. The predicted octanol–water partition coefficient (Wildman–Crippen LogP) is 2.87. The molecule has 6 heteroatoms. The van der Waals surface area contributed by atoms with E-state index >= 15 is 0 Å². The van der Waals surface area contributed by atoms with Gasteiger partial charge in [-0.3, -0.25) is 0 Å². The Kier molecular flexibility index (Phi) is 4.83. The smallest absolute Gasteiger partial charge is 0.333 e. The molecule has 0 spiro atoms. The fourth-order valence-corrected chi connectivity index (χ4v) is 1.99. The standard InChI is InChI=1S/C16H16FNO4/c1-21-12-6-3-10(4-7-12)18-15(16(20)22-2)13-8-5-11(19)9-14(13)17/h3-9,15,18-19H,1-2H3/t15-/m0/s1. The number of esters is 1. The zero-order valence-electron chi connectivity index (χ0n) is 12.2. The quantitative estimate of drug-likeness (QED) is 0.831. The summed E-state index contributed by atoms with van der Waals surface area (Å²) in [4.78, 5) is 11.9. The lowest BCUT2D eigenvalue weighted by Crippen LogP contribution is -2.23. The van der Waals surface area contributed by atoms with E-state index in [-0.39, 0.29) is 11.3 Å². The lowest BCUT2D eigenvalue weighted by atomic mass is 10.1. The van der Waals surface area contributed by atoms with Crippen molar-refractivity contribution in [2.24, 2.45) is 0 Å². The lowest BCUT2D eigenvalue weighted by Gasteiger charge is -2.19. The summed E-state index contributed by atoms with van der Waals surface area (Å²) in [5.41, 5.74) is 0.684. The second kappa shape index (κ2) is 6.80. The van der Waals surface area contributed by atoms with E-state index in [9.17, 15) is 14.3 Å². The van der Waals surface area contributed by atoms with Crippen LogP contribution in [0.5, 0.6) is 11.5 Å². The number of rotatable bonds is 5. The van der Waals surface area contributed by atoms with Crippen LogP contribution < -0.4 is 10.1 Å². The molecule has 2 N–H and O–H groups in total. The summed E-state index contributed by atoms with van der Waals surface area (Å²) in [7, 11) is 2.77. The Morgan fingerprint density at radius 2 is 1.86 bits per heavy atom. The molecule has 5 nitrogen and oxygen atoms in total. The number of hydrogen-bond acceptors (Lipinski definition) is 5. The van der Waals surface area contributed by atoms with Gasteiger partial charge in [-0.25, -0.2) is 9.18 Å². The fourth-order valence-electron chi connectivity index (χ4n) is 1.99. The minimum atomic E-state index is -1.03. The third-order valence-corrected chi connectivity index (χ3v) is 3.13. The normalized spacial score (nSPS) is 11.6. The SMILES string of the molecule is COC(=O)[C@@H](Nc1ccc(OC)cc1)c1ccc(O)cc1F. The van der Waals surface area contributed by atoms with Gasteiger partial charge >= 0.3 is 5.97 Å². The average molecular weight is 305 g/mol. The van der Waals surface area contributed by atoms with Crippen LogP contribution in [-0.4, -0.2) is 25.3 Å². The Bertz CT molecular complexity index is 658. The fraction of sp³-hybridized carbons (Fsp3) is 0.188. The summed E-state index contributed by atoms with van der Waals surface area (Å²) in [6.07, 6.45) is 0. The van der Waals surface area contributed by atoms with Crippen LogP contribution in [0.15, 0.2) is 42.5 Å². The molecule has 116 valence electrons. The molecule has 0 fully saturated rings. The first-order chi connectivity index (χ1) is 10.5. The van der Waals surface area contributed by atoms with Crippen LogP contribution in [0.25, 0.3) is 0 Å². The maximum Gasteiger partial charge on any atom is 0.333 e. The van der Waals surface area contributed by atoms with Crippen LogP contribution in [0.2, 0.25) is 0 Å². The van der Waals surface area contributed by atoms with Crippen LogP contribution in [0.4, 0.5) is 10.1 Å². The molecule has 0 aliphatic heterocycles. The number of nitrogens with one attached hydrogen (secondary N) is 1. The number of phenols is 1. The van der Waals surface area contributed by atoms with Gasteiger partial charge in [-0.05, 0) is 36.4 Å². The zero-order valence-corrected chi connectivity index (χ0v) is 12.2. The molecule has 2 rings (SSSR count). The number of methoxy groups -OCH3 is 2. The molecule has 22 heavy (non-hydrogen) atoms. The van der Waals surface area contributed by atoms with E-state index in [2.05, 4.69) is 5.32 Å². The topological polar surface area (TPSA) is 67.8 Å². The highest BCUT2D eigenvalue weighted by atomic mass is 19.1. The van der Waals surface area contributed by atoms with Crippen LogP contribution >= 0.6 is 0 Å². The Hall–Kier alpha value is -2.76. The highest BCUT2D eigenvalue weighted by Gasteiger charge is 2.24. The van der Waals surface area contributed by atoms with Gasteiger partial charge in [-0.1, -0.05) is 0 Å². The number of ether oxygens (including phenoxy) is 2. The van der Waals surface area contributed by atoms with Gasteiger partial charge in [0.1, 0.15) is 17.3 Å². The van der Waals surface area contributed by atoms with Crippen LogP contribution in [0.3, 0.4) is 0 Å². The molecule has 1 atom stereocenters. The van der Waals surface area contributed by atoms with Crippen molar-refractivity contribution in [1.29, 1.82) is 0 Å². The number of carbonyl (C=O) groups excluding carboxylic acids is 1. The molecular weight excluding hydrogens is 289 g/mol. The second-order valence-corrected chi connectivity index (χ2v) is 4.53. The Morgan fingerprint density at radius 1 is 1.18 bits per heavy atom. The van der Waals surface area contributed by atoms with E-state index in [0.29, 0.717) is 11.4 Å². The highest BCUT2D eigenvalue weighted by molar-refractivity contribution is 5.81. The van der Waals surface area contributed by atoms with E-state index in [1.807, 2.05) is 0 Å². The van der Waals surface area contributed by atoms with Crippen molar-refractivity contribution in [3.8, 4) is 11.5 Å². The Labute approximate surface area is 127 Å². The molecular formula is C16H16FNO4. The minimum absolute atomic E-state index is 0.0838. The van der Waals surface area contributed by atoms with E-state index < -0.39 is 17.8 Å². The minimum Gasteiger partial charge on any atom is -0.508 e. The molecule has 0 aliphatic rings. The summed E-state index contributed by atoms with van der Waals surface area (Å²) in [5.74, 6) is -0.887. The lowest BCUT2D eigenvalue weighted by molar-refractivity contribution is -0.141. The third kappa shape index (κ3) is 3.46. The maximum absolute atomic E-state index is 14.0. The van der Waals surface area contributed by atoms with Crippen molar-refractivity contribution in [3.63, 3.8) is 0 Å². The molecule has 0 amide bonds. The van der Waals surface area contributed by atoms with E-state index in [4.69, 9.17) is 9.47 Å². The Morgan fingerprint density at radius 3 is 2.41 bits per heavy atom. The number of hydrogen-bond donors (Lipinski definition) is 2. The summed E-state index contributed by atoms with van der Waals surface area (Å²) in [5, 5.41) is 12.2. The number of aromatic hydroxyl groups is 1. The largest absolute Gasteiger partial charge is 0.508 e. The van der Waals surface area contributed by atoms with Gasteiger partial charge in [0.25, 0.3) is 0 Å². The second-order valence-electron chi connectivity index (χ2n) is 4.53. The van der Waals surface area contributed by atoms with Crippen LogP contribution in [0.1, 0.15) is 11.6 Å². The molecule has 0 bridgehead atoms. The van der Waals surface area contributed by atoms with Gasteiger partial charge in [-0.15, -0.1) is 0 Å².